The molecular formula is C21H25FO3. The van der Waals surface area contributed by atoms with Crippen LogP contribution < -0.4 is 0 Å². The minimum absolute atomic E-state index is 0.246. The first-order valence-corrected chi connectivity index (χ1v) is 8.82. The van der Waals surface area contributed by atoms with Gasteiger partial charge in [0.25, 0.3) is 0 Å². The summed E-state index contributed by atoms with van der Waals surface area (Å²) < 4.78 is 30.7. The van der Waals surface area contributed by atoms with Gasteiger partial charge in [-0.05, 0) is 23.6 Å². The Morgan fingerprint density at radius 2 is 1.72 bits per heavy atom. The highest BCUT2D eigenvalue weighted by atomic mass is 19.1. The van der Waals surface area contributed by atoms with Crippen LogP contribution in [0.25, 0.3) is 11.1 Å². The van der Waals surface area contributed by atoms with Crippen molar-refractivity contribution in [3.8, 4) is 11.1 Å². The molecule has 1 fully saturated rings. The quantitative estimate of drug-likeness (QED) is 0.729. The van der Waals surface area contributed by atoms with E-state index < -0.39 is 0 Å². The average molecular weight is 344 g/mol. The predicted octanol–water partition coefficient (Wildman–Crippen LogP) is 5.10. The number of halogens is 1. The molecule has 25 heavy (non-hydrogen) atoms. The van der Waals surface area contributed by atoms with Gasteiger partial charge in [0.05, 0.1) is 19.8 Å². The zero-order valence-electron chi connectivity index (χ0n) is 14.8. The normalized spacial score (nSPS) is 20.6. The van der Waals surface area contributed by atoms with E-state index >= 15 is 0 Å². The molecule has 0 N–H and O–H groups in total. The fourth-order valence-electron chi connectivity index (χ4n) is 3.14. The summed E-state index contributed by atoms with van der Waals surface area (Å²) in [7, 11) is 1.56. The molecule has 2 aromatic carbocycles. The van der Waals surface area contributed by atoms with Crippen LogP contribution in [0, 0.1) is 11.7 Å². The molecule has 0 bridgehead atoms. The molecule has 0 atom stereocenters. The largest absolute Gasteiger partial charge is 0.380 e. The fraction of sp³-hybridized carbons (Fsp3) is 0.429. The van der Waals surface area contributed by atoms with Gasteiger partial charge < -0.3 is 14.2 Å². The summed E-state index contributed by atoms with van der Waals surface area (Å²) in [6, 6.07) is 13.2. The van der Waals surface area contributed by atoms with Crippen LogP contribution in [0.3, 0.4) is 0 Å². The minimum atomic E-state index is -0.303. The SMILES string of the molecule is CCCC1COC(c2ccc(-c3ccc(COC)c(F)c3)cc2)OC1. The summed E-state index contributed by atoms with van der Waals surface area (Å²) in [6.45, 7) is 3.94. The molecule has 1 aliphatic heterocycles. The molecule has 1 heterocycles. The molecule has 0 saturated carbocycles. The monoisotopic (exact) mass is 344 g/mol. The lowest BCUT2D eigenvalue weighted by Crippen LogP contribution is -2.26. The molecule has 0 radical (unpaired) electrons. The van der Waals surface area contributed by atoms with Crippen LogP contribution in [0.2, 0.25) is 0 Å². The Labute approximate surface area is 148 Å². The van der Waals surface area contributed by atoms with Crippen LogP contribution >= 0.6 is 0 Å². The van der Waals surface area contributed by atoms with E-state index in [9.17, 15) is 4.39 Å². The first kappa shape index (κ1) is 18.1. The van der Waals surface area contributed by atoms with Crippen molar-refractivity contribution in [3.63, 3.8) is 0 Å². The number of hydrogen-bond donors (Lipinski definition) is 0. The van der Waals surface area contributed by atoms with Gasteiger partial charge in [0.1, 0.15) is 5.82 Å². The molecule has 1 saturated heterocycles. The molecule has 3 nitrogen and oxygen atoms in total. The van der Waals surface area contributed by atoms with Crippen molar-refractivity contribution in [2.45, 2.75) is 32.7 Å². The van der Waals surface area contributed by atoms with Gasteiger partial charge in [0.15, 0.2) is 6.29 Å². The molecule has 0 amide bonds. The third-order valence-corrected chi connectivity index (χ3v) is 4.53. The van der Waals surface area contributed by atoms with E-state index in [4.69, 9.17) is 14.2 Å². The van der Waals surface area contributed by atoms with Gasteiger partial charge in [-0.2, -0.15) is 0 Å². The van der Waals surface area contributed by atoms with E-state index in [1.54, 1.807) is 19.2 Å². The second-order valence-electron chi connectivity index (χ2n) is 6.51. The van der Waals surface area contributed by atoms with E-state index in [2.05, 4.69) is 6.92 Å². The first-order chi connectivity index (χ1) is 12.2. The number of ether oxygens (including phenoxy) is 3. The lowest BCUT2D eigenvalue weighted by Gasteiger charge is -2.29. The summed E-state index contributed by atoms with van der Waals surface area (Å²) in [5.74, 6) is 0.249. The van der Waals surface area contributed by atoms with Crippen molar-refractivity contribution in [2.75, 3.05) is 20.3 Å². The Kier molecular flexibility index (Phi) is 6.19. The zero-order chi connectivity index (χ0) is 17.6. The Hall–Kier alpha value is -1.75. The van der Waals surface area contributed by atoms with Crippen molar-refractivity contribution in [1.82, 2.24) is 0 Å². The Bertz CT molecular complexity index is 676. The van der Waals surface area contributed by atoms with Gasteiger partial charge in [-0.3, -0.25) is 0 Å². The molecule has 134 valence electrons. The van der Waals surface area contributed by atoms with Crippen LogP contribution in [0.4, 0.5) is 4.39 Å². The summed E-state index contributed by atoms with van der Waals surface area (Å²) in [5, 5.41) is 0. The highest BCUT2D eigenvalue weighted by Crippen LogP contribution is 2.29. The van der Waals surface area contributed by atoms with Crippen molar-refractivity contribution in [2.24, 2.45) is 5.92 Å². The highest BCUT2D eigenvalue weighted by molar-refractivity contribution is 5.64. The van der Waals surface area contributed by atoms with Crippen molar-refractivity contribution >= 4 is 0 Å². The maximum absolute atomic E-state index is 14.1. The molecule has 0 spiro atoms. The third-order valence-electron chi connectivity index (χ3n) is 4.53. The smallest absolute Gasteiger partial charge is 0.183 e. The number of hydrogen-bond acceptors (Lipinski definition) is 3. The van der Waals surface area contributed by atoms with Gasteiger partial charge in [0, 0.05) is 24.2 Å². The van der Waals surface area contributed by atoms with E-state index in [1.807, 2.05) is 30.3 Å². The maximum Gasteiger partial charge on any atom is 0.183 e. The van der Waals surface area contributed by atoms with Gasteiger partial charge in [-0.1, -0.05) is 49.7 Å². The number of benzene rings is 2. The zero-order valence-corrected chi connectivity index (χ0v) is 14.8. The average Bonchev–Trinajstić information content (AvgIpc) is 2.65. The summed E-state index contributed by atoms with van der Waals surface area (Å²) in [4.78, 5) is 0. The molecule has 0 aromatic heterocycles. The molecular weight excluding hydrogens is 319 g/mol. The Morgan fingerprint density at radius 3 is 2.32 bits per heavy atom. The minimum Gasteiger partial charge on any atom is -0.380 e. The van der Waals surface area contributed by atoms with E-state index in [1.165, 1.54) is 0 Å². The molecule has 1 aliphatic rings. The molecule has 0 unspecified atom stereocenters. The van der Waals surface area contributed by atoms with Crippen LogP contribution in [0.5, 0.6) is 0 Å². The maximum atomic E-state index is 14.1. The molecule has 0 aliphatic carbocycles. The van der Waals surface area contributed by atoms with E-state index in [-0.39, 0.29) is 18.7 Å². The number of rotatable bonds is 6. The first-order valence-electron chi connectivity index (χ1n) is 8.82. The van der Waals surface area contributed by atoms with Crippen LogP contribution in [0.15, 0.2) is 42.5 Å². The van der Waals surface area contributed by atoms with Gasteiger partial charge >= 0.3 is 0 Å². The molecule has 3 rings (SSSR count). The van der Waals surface area contributed by atoms with Crippen LogP contribution in [0.1, 0.15) is 37.2 Å². The summed E-state index contributed by atoms with van der Waals surface area (Å²) in [6.07, 6.45) is 1.98. The van der Waals surface area contributed by atoms with Crippen molar-refractivity contribution < 1.29 is 18.6 Å². The second-order valence-corrected chi connectivity index (χ2v) is 6.51. The lowest BCUT2D eigenvalue weighted by molar-refractivity contribution is -0.206. The summed E-state index contributed by atoms with van der Waals surface area (Å²) in [5.41, 5.74) is 3.37. The van der Waals surface area contributed by atoms with E-state index in [0.717, 1.165) is 42.7 Å². The highest BCUT2D eigenvalue weighted by Gasteiger charge is 2.22. The standard InChI is InChI=1S/C21H25FO3/c1-3-4-15-12-24-21(25-13-15)17-7-5-16(6-8-17)18-9-10-19(14-23-2)20(22)11-18/h5-11,15,21H,3-4,12-14H2,1-2H3. The van der Waals surface area contributed by atoms with Crippen LogP contribution in [-0.4, -0.2) is 20.3 Å². The lowest BCUT2D eigenvalue weighted by atomic mass is 10.0. The predicted molar refractivity (Wildman–Crippen MR) is 95.6 cm³/mol. The second kappa shape index (κ2) is 8.56. The Balaban J connectivity index is 1.67. The van der Waals surface area contributed by atoms with E-state index in [0.29, 0.717) is 11.5 Å². The number of methoxy groups -OCH3 is 1. The van der Waals surface area contributed by atoms with Crippen molar-refractivity contribution in [3.05, 3.63) is 59.4 Å². The molecule has 2 aromatic rings. The van der Waals surface area contributed by atoms with Gasteiger partial charge in [-0.25, -0.2) is 4.39 Å². The van der Waals surface area contributed by atoms with Crippen molar-refractivity contribution in [1.29, 1.82) is 0 Å². The van der Waals surface area contributed by atoms with Gasteiger partial charge in [-0.15, -0.1) is 0 Å². The Morgan fingerprint density at radius 1 is 1.04 bits per heavy atom. The fourth-order valence-corrected chi connectivity index (χ4v) is 3.14. The summed E-state index contributed by atoms with van der Waals surface area (Å²) >= 11 is 0. The third kappa shape index (κ3) is 4.46. The topological polar surface area (TPSA) is 27.7 Å². The van der Waals surface area contributed by atoms with Crippen LogP contribution in [-0.2, 0) is 20.8 Å². The van der Waals surface area contributed by atoms with Gasteiger partial charge in [0.2, 0.25) is 0 Å². The molecule has 4 heteroatoms.